The van der Waals surface area contributed by atoms with Crippen molar-refractivity contribution in [3.8, 4) is 5.75 Å². The molecule has 5 rings (SSSR count). The topological polar surface area (TPSA) is 163 Å². The Balaban J connectivity index is 1.28. The number of hydrogen-bond acceptors (Lipinski definition) is 7. The molecule has 0 saturated heterocycles. The van der Waals surface area contributed by atoms with Gasteiger partial charge >= 0.3 is 5.97 Å². The molecule has 11 nitrogen and oxygen atoms in total. The highest BCUT2D eigenvalue weighted by molar-refractivity contribution is 5.95. The fraction of sp³-hybridized carbons (Fsp3) is 0.214. The summed E-state index contributed by atoms with van der Waals surface area (Å²) in [5.74, 6) is -2.84. The molecule has 3 atom stereocenters. The van der Waals surface area contributed by atoms with E-state index in [1.165, 1.54) is 19.2 Å². The molecular weight excluding hydrogens is 672 g/mol. The van der Waals surface area contributed by atoms with Crippen LogP contribution in [0.4, 0.5) is 0 Å². The molecule has 0 spiro atoms. The summed E-state index contributed by atoms with van der Waals surface area (Å²) in [7, 11) is 1.21. The zero-order valence-corrected chi connectivity index (χ0v) is 29.3. The summed E-state index contributed by atoms with van der Waals surface area (Å²) in [6.07, 6.45) is 0.336. The van der Waals surface area contributed by atoms with E-state index in [-0.39, 0.29) is 43.9 Å². The minimum Gasteiger partial charge on any atom is -0.508 e. The lowest BCUT2D eigenvalue weighted by Gasteiger charge is -2.25. The molecule has 11 heteroatoms. The predicted molar refractivity (Wildman–Crippen MR) is 201 cm³/mol. The molecule has 0 saturated carbocycles. The third-order valence-corrected chi connectivity index (χ3v) is 8.65. The monoisotopic (exact) mass is 714 g/mol. The molecular formula is C42H42N4O7. The first-order valence-electron chi connectivity index (χ1n) is 17.2. The maximum atomic E-state index is 14.0. The Hall–Kier alpha value is -6.49. The number of methoxy groups -OCH3 is 1. The van der Waals surface area contributed by atoms with Crippen LogP contribution in [-0.4, -0.2) is 66.5 Å². The number of phenols is 1. The molecule has 272 valence electrons. The summed E-state index contributed by atoms with van der Waals surface area (Å²) in [5, 5.41) is 22.6. The van der Waals surface area contributed by atoms with Gasteiger partial charge in [0, 0.05) is 19.3 Å². The van der Waals surface area contributed by atoms with E-state index in [0.29, 0.717) is 5.56 Å². The second-order valence-corrected chi connectivity index (χ2v) is 12.7. The zero-order chi connectivity index (χ0) is 37.6. The van der Waals surface area contributed by atoms with E-state index in [0.717, 1.165) is 27.5 Å². The number of esters is 1. The SMILES string of the molecule is COC(=O)[C@H](Cc1ccc(O)cc1)NC(=O)[C@H](Cc1ccccc1)NC(=O)[C@H](Cc1ccccc1)NC(=O)CNC(=O)Cc1ccc2ccccc2c1. The van der Waals surface area contributed by atoms with Crippen molar-refractivity contribution in [3.63, 3.8) is 0 Å². The highest BCUT2D eigenvalue weighted by Crippen LogP contribution is 2.16. The minimum absolute atomic E-state index is 0.0542. The molecule has 0 aliphatic heterocycles. The van der Waals surface area contributed by atoms with Gasteiger partial charge in [0.15, 0.2) is 0 Å². The molecule has 0 bridgehead atoms. The molecule has 0 aliphatic rings. The smallest absolute Gasteiger partial charge is 0.328 e. The van der Waals surface area contributed by atoms with Crippen molar-refractivity contribution in [3.05, 3.63) is 150 Å². The number of carbonyl (C=O) groups is 5. The number of hydrogen-bond donors (Lipinski definition) is 5. The highest BCUT2D eigenvalue weighted by Gasteiger charge is 2.30. The van der Waals surface area contributed by atoms with Gasteiger partial charge in [0.05, 0.1) is 20.1 Å². The summed E-state index contributed by atoms with van der Waals surface area (Å²) in [4.78, 5) is 66.6. The second kappa shape index (κ2) is 18.7. The molecule has 0 unspecified atom stereocenters. The van der Waals surface area contributed by atoms with Crippen LogP contribution in [0.3, 0.4) is 0 Å². The van der Waals surface area contributed by atoms with Gasteiger partial charge in [-0.05, 0) is 45.2 Å². The van der Waals surface area contributed by atoms with Crippen molar-refractivity contribution < 1.29 is 33.8 Å². The molecule has 0 heterocycles. The summed E-state index contributed by atoms with van der Waals surface area (Å²) in [6, 6.07) is 34.6. The summed E-state index contributed by atoms with van der Waals surface area (Å²) >= 11 is 0. The van der Waals surface area contributed by atoms with Gasteiger partial charge in [-0.2, -0.15) is 0 Å². The number of ether oxygens (including phenoxy) is 1. The first-order valence-corrected chi connectivity index (χ1v) is 17.2. The number of fused-ring (bicyclic) bond motifs is 1. The molecule has 0 aromatic heterocycles. The number of aromatic hydroxyl groups is 1. The Morgan fingerprint density at radius 2 is 1.04 bits per heavy atom. The molecule has 0 radical (unpaired) electrons. The van der Waals surface area contributed by atoms with Crippen LogP contribution in [0.15, 0.2) is 127 Å². The van der Waals surface area contributed by atoms with Gasteiger partial charge in [-0.25, -0.2) is 4.79 Å². The maximum absolute atomic E-state index is 14.0. The molecule has 4 amide bonds. The summed E-state index contributed by atoms with van der Waals surface area (Å²) < 4.78 is 4.96. The maximum Gasteiger partial charge on any atom is 0.328 e. The van der Waals surface area contributed by atoms with Crippen molar-refractivity contribution in [2.45, 2.75) is 43.8 Å². The number of carbonyl (C=O) groups excluding carboxylic acids is 5. The average Bonchev–Trinajstić information content (AvgIpc) is 3.17. The van der Waals surface area contributed by atoms with Crippen molar-refractivity contribution in [2.24, 2.45) is 0 Å². The summed E-state index contributed by atoms with van der Waals surface area (Å²) in [5.41, 5.74) is 2.97. The largest absolute Gasteiger partial charge is 0.508 e. The van der Waals surface area contributed by atoms with Crippen LogP contribution in [0.2, 0.25) is 0 Å². The van der Waals surface area contributed by atoms with Crippen LogP contribution in [0.5, 0.6) is 5.75 Å². The molecule has 5 N–H and O–H groups in total. The van der Waals surface area contributed by atoms with Crippen molar-refractivity contribution in [1.29, 1.82) is 0 Å². The number of nitrogens with one attached hydrogen (secondary N) is 4. The van der Waals surface area contributed by atoms with Crippen LogP contribution in [-0.2, 0) is 54.4 Å². The van der Waals surface area contributed by atoms with Gasteiger partial charge in [0.2, 0.25) is 23.6 Å². The Labute approximate surface area is 307 Å². The molecule has 53 heavy (non-hydrogen) atoms. The third-order valence-electron chi connectivity index (χ3n) is 8.65. The average molecular weight is 715 g/mol. The lowest BCUT2D eigenvalue weighted by Crippen LogP contribution is -2.57. The number of benzene rings is 5. The zero-order valence-electron chi connectivity index (χ0n) is 29.3. The van der Waals surface area contributed by atoms with Gasteiger partial charge in [0.1, 0.15) is 23.9 Å². The van der Waals surface area contributed by atoms with E-state index in [2.05, 4.69) is 21.3 Å². The van der Waals surface area contributed by atoms with Crippen LogP contribution in [0.1, 0.15) is 22.3 Å². The first-order chi connectivity index (χ1) is 25.7. The first kappa shape index (κ1) is 37.8. The van der Waals surface area contributed by atoms with Gasteiger partial charge < -0.3 is 31.1 Å². The van der Waals surface area contributed by atoms with E-state index in [1.807, 2.05) is 91.0 Å². The molecule has 5 aromatic carbocycles. The lowest BCUT2D eigenvalue weighted by molar-refractivity contribution is -0.145. The number of rotatable bonds is 16. The Bertz CT molecular complexity index is 2020. The van der Waals surface area contributed by atoms with E-state index in [4.69, 9.17) is 4.74 Å². The highest BCUT2D eigenvalue weighted by atomic mass is 16.5. The number of phenolic OH excluding ortho intramolecular Hbond substituents is 1. The third kappa shape index (κ3) is 11.5. The van der Waals surface area contributed by atoms with Crippen LogP contribution in [0, 0.1) is 0 Å². The molecule has 5 aromatic rings. The Morgan fingerprint density at radius 1 is 0.547 bits per heavy atom. The van der Waals surface area contributed by atoms with E-state index in [9.17, 15) is 29.1 Å². The fourth-order valence-electron chi connectivity index (χ4n) is 5.89. The van der Waals surface area contributed by atoms with E-state index < -0.39 is 41.8 Å². The lowest BCUT2D eigenvalue weighted by atomic mass is 10.0. The van der Waals surface area contributed by atoms with Crippen LogP contribution >= 0.6 is 0 Å². The normalized spacial score (nSPS) is 12.5. The summed E-state index contributed by atoms with van der Waals surface area (Å²) in [6.45, 7) is -0.364. The van der Waals surface area contributed by atoms with E-state index in [1.54, 1.807) is 24.3 Å². The Kier molecular flexibility index (Phi) is 13.3. The molecule has 0 fully saturated rings. The predicted octanol–water partition coefficient (Wildman–Crippen LogP) is 3.56. The van der Waals surface area contributed by atoms with Crippen molar-refractivity contribution in [1.82, 2.24) is 21.3 Å². The Morgan fingerprint density at radius 3 is 1.64 bits per heavy atom. The van der Waals surface area contributed by atoms with Gasteiger partial charge in [-0.15, -0.1) is 0 Å². The van der Waals surface area contributed by atoms with Crippen LogP contribution in [0.25, 0.3) is 10.8 Å². The minimum atomic E-state index is -1.14. The van der Waals surface area contributed by atoms with Gasteiger partial charge in [-0.1, -0.05) is 115 Å². The van der Waals surface area contributed by atoms with Crippen molar-refractivity contribution in [2.75, 3.05) is 13.7 Å². The van der Waals surface area contributed by atoms with Gasteiger partial charge in [-0.3, -0.25) is 19.2 Å². The van der Waals surface area contributed by atoms with Crippen molar-refractivity contribution >= 4 is 40.4 Å². The second-order valence-electron chi connectivity index (χ2n) is 12.7. The van der Waals surface area contributed by atoms with Gasteiger partial charge in [0.25, 0.3) is 0 Å². The van der Waals surface area contributed by atoms with Crippen LogP contribution < -0.4 is 21.3 Å². The quantitative estimate of drug-likeness (QED) is 0.0977. The number of amides is 4. The molecule has 0 aliphatic carbocycles. The standard InChI is InChI=1S/C42H42N4O7/c1-53-42(52)37(25-30-17-20-34(47)21-18-30)46-41(51)36(24-29-12-6-3-7-13-29)45-40(50)35(23-28-10-4-2-5-11-28)44-39(49)27-43-38(48)26-31-16-19-32-14-8-9-15-33(32)22-31/h2-22,35-37,47H,23-27H2,1H3,(H,43,48)(H,44,49)(H,45,50)(H,46,51)/t35-,36-,37-/m0/s1. The van der Waals surface area contributed by atoms with E-state index >= 15 is 0 Å². The fourth-order valence-corrected chi connectivity index (χ4v) is 5.89.